The number of fused-ring (bicyclic) bond motifs is 3. The Bertz CT molecular complexity index is 807. The second-order valence-corrected chi connectivity index (χ2v) is 6.93. The molecular weight excluding hydrogens is 316 g/mol. The number of rotatable bonds is 4. The fourth-order valence-corrected chi connectivity index (χ4v) is 3.56. The molecule has 2 aromatic rings. The zero-order valence-corrected chi connectivity index (χ0v) is 14.7. The first-order valence-electron chi connectivity index (χ1n) is 8.84. The number of anilines is 1. The molecule has 2 aromatic heterocycles. The summed E-state index contributed by atoms with van der Waals surface area (Å²) in [5.74, 6) is 1.42. The SMILES string of the molecule is Cc1nc(-c2ccc(NCC3CN4CCN3CC4)nc2)[nH]c(=O)c1C. The van der Waals surface area contributed by atoms with Crippen LogP contribution in [0, 0.1) is 13.8 Å². The van der Waals surface area contributed by atoms with E-state index in [-0.39, 0.29) is 5.56 Å². The van der Waals surface area contributed by atoms with Crippen molar-refractivity contribution in [2.24, 2.45) is 0 Å². The second kappa shape index (κ2) is 6.57. The van der Waals surface area contributed by atoms with Crippen LogP contribution in [0.5, 0.6) is 0 Å². The third kappa shape index (κ3) is 3.29. The van der Waals surface area contributed by atoms with E-state index in [0.29, 0.717) is 17.4 Å². The van der Waals surface area contributed by atoms with E-state index in [1.165, 1.54) is 26.2 Å². The molecule has 7 heteroatoms. The van der Waals surface area contributed by atoms with Crippen molar-refractivity contribution in [1.82, 2.24) is 24.8 Å². The number of pyridine rings is 1. The molecule has 1 unspecified atom stereocenters. The van der Waals surface area contributed by atoms with Gasteiger partial charge in [-0.3, -0.25) is 14.6 Å². The Balaban J connectivity index is 1.43. The first-order chi connectivity index (χ1) is 12.1. The summed E-state index contributed by atoms with van der Waals surface area (Å²) in [6.45, 7) is 10.4. The molecule has 7 nitrogen and oxygen atoms in total. The molecule has 5 heterocycles. The quantitative estimate of drug-likeness (QED) is 0.860. The van der Waals surface area contributed by atoms with Gasteiger partial charge in [-0.05, 0) is 26.0 Å². The zero-order chi connectivity index (χ0) is 17.4. The highest BCUT2D eigenvalue weighted by atomic mass is 16.1. The Kier molecular flexibility index (Phi) is 4.27. The summed E-state index contributed by atoms with van der Waals surface area (Å²) in [6.07, 6.45) is 1.76. The summed E-state index contributed by atoms with van der Waals surface area (Å²) in [7, 11) is 0. The van der Waals surface area contributed by atoms with E-state index >= 15 is 0 Å². The molecule has 3 aliphatic rings. The normalized spacial score (nSPS) is 25.1. The zero-order valence-electron chi connectivity index (χ0n) is 14.7. The van der Waals surface area contributed by atoms with E-state index in [0.717, 1.165) is 30.2 Å². The minimum Gasteiger partial charge on any atom is -0.368 e. The number of hydrogen-bond acceptors (Lipinski definition) is 6. The molecule has 3 fully saturated rings. The van der Waals surface area contributed by atoms with Gasteiger partial charge in [0.15, 0.2) is 0 Å². The molecule has 132 valence electrons. The highest BCUT2D eigenvalue weighted by Gasteiger charge is 2.31. The van der Waals surface area contributed by atoms with Crippen molar-refractivity contribution in [3.05, 3.63) is 39.9 Å². The van der Waals surface area contributed by atoms with Gasteiger partial charge >= 0.3 is 0 Å². The minimum atomic E-state index is -0.0962. The number of aromatic amines is 1. The predicted octanol–water partition coefficient (Wildman–Crippen LogP) is 0.860. The molecular formula is C18H24N6O. The lowest BCUT2D eigenvalue weighted by atomic mass is 10.1. The summed E-state index contributed by atoms with van der Waals surface area (Å²) in [4.78, 5) is 28.7. The van der Waals surface area contributed by atoms with Gasteiger partial charge in [-0.25, -0.2) is 9.97 Å². The molecule has 0 spiro atoms. The number of aromatic nitrogens is 3. The molecule has 0 saturated carbocycles. The fourth-order valence-electron chi connectivity index (χ4n) is 3.56. The van der Waals surface area contributed by atoms with Gasteiger partial charge in [-0.1, -0.05) is 0 Å². The summed E-state index contributed by atoms with van der Waals surface area (Å²) < 4.78 is 0. The third-order valence-electron chi connectivity index (χ3n) is 5.34. The first kappa shape index (κ1) is 16.2. The number of H-pyrrole nitrogens is 1. The molecule has 2 bridgehead atoms. The van der Waals surface area contributed by atoms with Gasteiger partial charge in [0.2, 0.25) is 0 Å². The minimum absolute atomic E-state index is 0.0962. The van der Waals surface area contributed by atoms with E-state index in [2.05, 4.69) is 30.1 Å². The van der Waals surface area contributed by atoms with Gasteiger partial charge in [0.1, 0.15) is 11.6 Å². The van der Waals surface area contributed by atoms with Crippen LogP contribution in [0.2, 0.25) is 0 Å². The number of nitrogens with one attached hydrogen (secondary N) is 2. The number of nitrogens with zero attached hydrogens (tertiary/aromatic N) is 4. The van der Waals surface area contributed by atoms with E-state index in [4.69, 9.17) is 0 Å². The fraction of sp³-hybridized carbons (Fsp3) is 0.500. The van der Waals surface area contributed by atoms with Crippen LogP contribution >= 0.6 is 0 Å². The molecule has 3 aliphatic heterocycles. The average Bonchev–Trinajstić information content (AvgIpc) is 2.65. The largest absolute Gasteiger partial charge is 0.368 e. The van der Waals surface area contributed by atoms with Crippen LogP contribution in [0.25, 0.3) is 11.4 Å². The highest BCUT2D eigenvalue weighted by molar-refractivity contribution is 5.56. The third-order valence-corrected chi connectivity index (χ3v) is 5.34. The lowest BCUT2D eigenvalue weighted by Crippen LogP contribution is -2.62. The molecule has 0 amide bonds. The van der Waals surface area contributed by atoms with Crippen LogP contribution in [0.3, 0.4) is 0 Å². The van der Waals surface area contributed by atoms with E-state index in [9.17, 15) is 4.79 Å². The molecule has 0 radical (unpaired) electrons. The Morgan fingerprint density at radius 2 is 2.04 bits per heavy atom. The second-order valence-electron chi connectivity index (χ2n) is 6.93. The molecule has 5 rings (SSSR count). The lowest BCUT2D eigenvalue weighted by Gasteiger charge is -2.47. The van der Waals surface area contributed by atoms with Crippen molar-refractivity contribution in [2.75, 3.05) is 44.6 Å². The molecule has 25 heavy (non-hydrogen) atoms. The molecule has 1 atom stereocenters. The molecule has 2 N–H and O–H groups in total. The first-order valence-corrected chi connectivity index (χ1v) is 8.84. The number of aryl methyl sites for hydroxylation is 1. The van der Waals surface area contributed by atoms with E-state index < -0.39 is 0 Å². The Morgan fingerprint density at radius 3 is 2.64 bits per heavy atom. The van der Waals surface area contributed by atoms with Crippen LogP contribution < -0.4 is 10.9 Å². The van der Waals surface area contributed by atoms with Crippen molar-refractivity contribution in [3.63, 3.8) is 0 Å². The standard InChI is InChI=1S/C18H24N6O/c1-12-13(2)21-17(22-18(12)25)14-3-4-16(19-9-14)20-10-15-11-23-5-7-24(15)8-6-23/h3-4,9,15H,5-8,10-11H2,1-2H3,(H,19,20)(H,21,22,25). The maximum atomic E-state index is 11.9. The predicted molar refractivity (Wildman–Crippen MR) is 97.9 cm³/mol. The monoisotopic (exact) mass is 340 g/mol. The van der Waals surface area contributed by atoms with Crippen LogP contribution in [-0.2, 0) is 0 Å². The van der Waals surface area contributed by atoms with Crippen LogP contribution in [-0.4, -0.2) is 70.1 Å². The Hall–Kier alpha value is -2.25. The summed E-state index contributed by atoms with van der Waals surface area (Å²) in [5.41, 5.74) is 2.12. The van der Waals surface area contributed by atoms with Crippen LogP contribution in [0.1, 0.15) is 11.3 Å². The summed E-state index contributed by atoms with van der Waals surface area (Å²) >= 11 is 0. The van der Waals surface area contributed by atoms with Crippen LogP contribution in [0.4, 0.5) is 5.82 Å². The van der Waals surface area contributed by atoms with Gasteiger partial charge < -0.3 is 10.3 Å². The van der Waals surface area contributed by atoms with Crippen molar-refractivity contribution in [3.8, 4) is 11.4 Å². The number of hydrogen-bond donors (Lipinski definition) is 2. The van der Waals surface area contributed by atoms with E-state index in [1.54, 1.807) is 13.1 Å². The van der Waals surface area contributed by atoms with E-state index in [1.807, 2.05) is 19.1 Å². The lowest BCUT2D eigenvalue weighted by molar-refractivity contribution is 0.0189. The van der Waals surface area contributed by atoms with Gasteiger partial charge in [0.05, 0.1) is 0 Å². The molecule has 3 saturated heterocycles. The average molecular weight is 340 g/mol. The Labute approximate surface area is 147 Å². The number of piperazine rings is 3. The van der Waals surface area contributed by atoms with Crippen molar-refractivity contribution >= 4 is 5.82 Å². The van der Waals surface area contributed by atoms with Gasteiger partial charge in [-0.2, -0.15) is 0 Å². The smallest absolute Gasteiger partial charge is 0.254 e. The Morgan fingerprint density at radius 1 is 1.24 bits per heavy atom. The summed E-state index contributed by atoms with van der Waals surface area (Å²) in [5, 5.41) is 3.44. The van der Waals surface area contributed by atoms with Gasteiger partial charge in [0, 0.05) is 68.3 Å². The summed E-state index contributed by atoms with van der Waals surface area (Å²) in [6, 6.07) is 4.45. The highest BCUT2D eigenvalue weighted by Crippen LogP contribution is 2.18. The van der Waals surface area contributed by atoms with Crippen molar-refractivity contribution < 1.29 is 0 Å². The molecule has 0 aromatic carbocycles. The molecule has 0 aliphatic carbocycles. The maximum Gasteiger partial charge on any atom is 0.254 e. The van der Waals surface area contributed by atoms with Crippen LogP contribution in [0.15, 0.2) is 23.1 Å². The van der Waals surface area contributed by atoms with Gasteiger partial charge in [0.25, 0.3) is 5.56 Å². The maximum absolute atomic E-state index is 11.9. The van der Waals surface area contributed by atoms with Gasteiger partial charge in [-0.15, -0.1) is 0 Å². The van der Waals surface area contributed by atoms with Crippen molar-refractivity contribution in [1.29, 1.82) is 0 Å². The topological polar surface area (TPSA) is 77.2 Å². The van der Waals surface area contributed by atoms with Crippen molar-refractivity contribution in [2.45, 2.75) is 19.9 Å².